The Hall–Kier alpha value is -1.31. The van der Waals surface area contributed by atoms with E-state index in [0.717, 1.165) is 29.7 Å². The zero-order valence-electron chi connectivity index (χ0n) is 12.2. The third-order valence-corrected chi connectivity index (χ3v) is 3.09. The maximum atomic E-state index is 12.0. The normalized spacial score (nSPS) is 11.4. The van der Waals surface area contributed by atoms with Gasteiger partial charge in [-0.25, -0.2) is 0 Å². The van der Waals surface area contributed by atoms with Crippen molar-refractivity contribution >= 4 is 5.78 Å². The number of Topliss-reactive ketones (excluding diaryl/α,β-unsaturated/α-hetero) is 1. The SMILES string of the molecule is CCCCC(=O)c1ccc(OC)c(C(C)(C)C)c1. The van der Waals surface area contributed by atoms with Crippen LogP contribution in [0.15, 0.2) is 18.2 Å². The summed E-state index contributed by atoms with van der Waals surface area (Å²) in [7, 11) is 1.67. The molecular weight excluding hydrogens is 224 g/mol. The highest BCUT2D eigenvalue weighted by Gasteiger charge is 2.20. The topological polar surface area (TPSA) is 26.3 Å². The summed E-state index contributed by atoms with van der Waals surface area (Å²) in [5.41, 5.74) is 1.87. The lowest BCUT2D eigenvalue weighted by Gasteiger charge is -2.22. The molecule has 2 nitrogen and oxygen atoms in total. The van der Waals surface area contributed by atoms with Gasteiger partial charge < -0.3 is 4.74 Å². The maximum absolute atomic E-state index is 12.0. The van der Waals surface area contributed by atoms with Gasteiger partial charge in [-0.2, -0.15) is 0 Å². The summed E-state index contributed by atoms with van der Waals surface area (Å²) in [6, 6.07) is 5.75. The number of ketones is 1. The molecule has 0 bridgehead atoms. The summed E-state index contributed by atoms with van der Waals surface area (Å²) in [6.45, 7) is 8.49. The molecule has 0 aliphatic carbocycles. The monoisotopic (exact) mass is 248 g/mol. The Kier molecular flexibility index (Phi) is 4.94. The zero-order chi connectivity index (χ0) is 13.8. The van der Waals surface area contributed by atoms with Gasteiger partial charge in [0, 0.05) is 17.5 Å². The fraction of sp³-hybridized carbons (Fsp3) is 0.562. The van der Waals surface area contributed by atoms with E-state index in [1.54, 1.807) is 7.11 Å². The Morgan fingerprint density at radius 2 is 1.94 bits per heavy atom. The molecular formula is C16H24O2. The second kappa shape index (κ2) is 6.03. The van der Waals surface area contributed by atoms with Crippen LogP contribution in [0.4, 0.5) is 0 Å². The van der Waals surface area contributed by atoms with Gasteiger partial charge in [0.05, 0.1) is 7.11 Å². The molecule has 0 aromatic heterocycles. The first kappa shape index (κ1) is 14.7. The lowest BCUT2D eigenvalue weighted by molar-refractivity contribution is 0.0979. The molecule has 2 heteroatoms. The van der Waals surface area contributed by atoms with E-state index < -0.39 is 0 Å². The third kappa shape index (κ3) is 3.59. The molecule has 0 atom stereocenters. The van der Waals surface area contributed by atoms with E-state index in [2.05, 4.69) is 27.7 Å². The minimum atomic E-state index is -0.0214. The van der Waals surface area contributed by atoms with Gasteiger partial charge in [-0.3, -0.25) is 4.79 Å². The first-order chi connectivity index (χ1) is 8.40. The second-order valence-corrected chi connectivity index (χ2v) is 5.69. The predicted molar refractivity (Wildman–Crippen MR) is 75.5 cm³/mol. The molecule has 0 fully saturated rings. The number of hydrogen-bond acceptors (Lipinski definition) is 2. The molecule has 18 heavy (non-hydrogen) atoms. The molecule has 1 rings (SSSR count). The van der Waals surface area contributed by atoms with Crippen molar-refractivity contribution in [2.45, 2.75) is 52.4 Å². The fourth-order valence-electron chi connectivity index (χ4n) is 1.95. The van der Waals surface area contributed by atoms with E-state index in [1.807, 2.05) is 18.2 Å². The van der Waals surface area contributed by atoms with Crippen molar-refractivity contribution in [3.63, 3.8) is 0 Å². The lowest BCUT2D eigenvalue weighted by Crippen LogP contribution is -2.14. The molecule has 0 radical (unpaired) electrons. The highest BCUT2D eigenvalue weighted by atomic mass is 16.5. The van der Waals surface area contributed by atoms with E-state index in [9.17, 15) is 4.79 Å². The van der Waals surface area contributed by atoms with Crippen LogP contribution in [0.1, 0.15) is 62.9 Å². The number of carbonyl (C=O) groups is 1. The summed E-state index contributed by atoms with van der Waals surface area (Å²) in [5, 5.41) is 0. The Morgan fingerprint density at radius 3 is 2.44 bits per heavy atom. The molecule has 0 N–H and O–H groups in total. The van der Waals surface area contributed by atoms with Crippen molar-refractivity contribution in [2.75, 3.05) is 7.11 Å². The highest BCUT2D eigenvalue weighted by Crippen LogP contribution is 2.32. The molecule has 0 aliphatic heterocycles. The van der Waals surface area contributed by atoms with Gasteiger partial charge in [0.15, 0.2) is 5.78 Å². The first-order valence-electron chi connectivity index (χ1n) is 6.62. The number of methoxy groups -OCH3 is 1. The first-order valence-corrected chi connectivity index (χ1v) is 6.62. The molecule has 0 saturated heterocycles. The highest BCUT2D eigenvalue weighted by molar-refractivity contribution is 5.96. The molecule has 0 amide bonds. The van der Waals surface area contributed by atoms with Crippen LogP contribution in [-0.4, -0.2) is 12.9 Å². The number of benzene rings is 1. The van der Waals surface area contributed by atoms with Gasteiger partial charge in [-0.15, -0.1) is 0 Å². The van der Waals surface area contributed by atoms with Gasteiger partial charge in [0.1, 0.15) is 5.75 Å². The van der Waals surface area contributed by atoms with E-state index in [4.69, 9.17) is 4.74 Å². The predicted octanol–water partition coefficient (Wildman–Crippen LogP) is 4.37. The van der Waals surface area contributed by atoms with Crippen LogP contribution in [0, 0.1) is 0 Å². The minimum Gasteiger partial charge on any atom is -0.496 e. The average Bonchev–Trinajstić information content (AvgIpc) is 2.34. The molecule has 0 aliphatic rings. The molecule has 0 spiro atoms. The van der Waals surface area contributed by atoms with Crippen LogP contribution in [0.5, 0.6) is 5.75 Å². The van der Waals surface area contributed by atoms with Crippen LogP contribution >= 0.6 is 0 Å². The largest absolute Gasteiger partial charge is 0.496 e. The maximum Gasteiger partial charge on any atom is 0.162 e. The van der Waals surface area contributed by atoms with Gasteiger partial charge in [-0.05, 0) is 30.0 Å². The van der Waals surface area contributed by atoms with E-state index in [0.29, 0.717) is 6.42 Å². The molecule has 0 heterocycles. The average molecular weight is 248 g/mol. The molecule has 100 valence electrons. The third-order valence-electron chi connectivity index (χ3n) is 3.09. The number of rotatable bonds is 5. The van der Waals surface area contributed by atoms with Crippen molar-refractivity contribution < 1.29 is 9.53 Å². The Labute approximate surface area is 110 Å². The van der Waals surface area contributed by atoms with E-state index >= 15 is 0 Å². The molecule has 0 saturated carbocycles. The summed E-state index contributed by atoms with van der Waals surface area (Å²) in [4.78, 5) is 12.0. The van der Waals surface area contributed by atoms with Crippen LogP contribution in [0.2, 0.25) is 0 Å². The molecule has 0 unspecified atom stereocenters. The Balaban J connectivity index is 3.07. The van der Waals surface area contributed by atoms with Gasteiger partial charge in [-0.1, -0.05) is 34.1 Å². The van der Waals surface area contributed by atoms with Crippen molar-refractivity contribution in [3.05, 3.63) is 29.3 Å². The van der Waals surface area contributed by atoms with E-state index in [1.165, 1.54) is 0 Å². The van der Waals surface area contributed by atoms with Crippen molar-refractivity contribution in [1.82, 2.24) is 0 Å². The van der Waals surface area contributed by atoms with Crippen LogP contribution in [0.25, 0.3) is 0 Å². The van der Waals surface area contributed by atoms with Gasteiger partial charge >= 0.3 is 0 Å². The molecule has 1 aromatic carbocycles. The smallest absolute Gasteiger partial charge is 0.162 e. The summed E-state index contributed by atoms with van der Waals surface area (Å²) in [5.74, 6) is 1.08. The van der Waals surface area contributed by atoms with Crippen molar-refractivity contribution in [1.29, 1.82) is 0 Å². The quantitative estimate of drug-likeness (QED) is 0.723. The van der Waals surface area contributed by atoms with E-state index in [-0.39, 0.29) is 11.2 Å². The number of hydrogen-bond donors (Lipinski definition) is 0. The number of unbranched alkanes of at least 4 members (excludes halogenated alkanes) is 1. The molecule has 1 aromatic rings. The summed E-state index contributed by atoms with van der Waals surface area (Å²) in [6.07, 6.45) is 2.64. The number of ether oxygens (including phenoxy) is 1. The van der Waals surface area contributed by atoms with Gasteiger partial charge in [0.25, 0.3) is 0 Å². The fourth-order valence-corrected chi connectivity index (χ4v) is 1.95. The van der Waals surface area contributed by atoms with Crippen LogP contribution < -0.4 is 4.74 Å². The minimum absolute atomic E-state index is 0.0214. The second-order valence-electron chi connectivity index (χ2n) is 5.69. The van der Waals surface area contributed by atoms with Crippen LogP contribution in [0.3, 0.4) is 0 Å². The summed E-state index contributed by atoms with van der Waals surface area (Å²) >= 11 is 0. The Bertz CT molecular complexity index is 414. The van der Waals surface area contributed by atoms with Crippen LogP contribution in [-0.2, 0) is 5.41 Å². The van der Waals surface area contributed by atoms with Gasteiger partial charge in [0.2, 0.25) is 0 Å². The zero-order valence-corrected chi connectivity index (χ0v) is 12.2. The standard InChI is InChI=1S/C16H24O2/c1-6-7-8-14(17)12-9-10-15(18-5)13(11-12)16(2,3)4/h9-11H,6-8H2,1-5H3. The lowest BCUT2D eigenvalue weighted by atomic mass is 9.84. The Morgan fingerprint density at radius 1 is 1.28 bits per heavy atom. The van der Waals surface area contributed by atoms with Crippen molar-refractivity contribution in [2.24, 2.45) is 0 Å². The summed E-state index contributed by atoms with van der Waals surface area (Å²) < 4.78 is 5.38. The van der Waals surface area contributed by atoms with Crippen molar-refractivity contribution in [3.8, 4) is 5.75 Å². The number of carbonyl (C=O) groups excluding carboxylic acids is 1.